The van der Waals surface area contributed by atoms with Gasteiger partial charge in [0.05, 0.1) is 23.4 Å². The number of imidazole rings is 1. The normalized spacial score (nSPS) is 11.1. The SMILES string of the molecule is CC(C)CCOC(=O)CSc1nc2ccccc2[nH]1. The molecule has 102 valence electrons. The van der Waals surface area contributed by atoms with Gasteiger partial charge in [-0.15, -0.1) is 0 Å². The summed E-state index contributed by atoms with van der Waals surface area (Å²) in [5.41, 5.74) is 1.90. The Hall–Kier alpha value is -1.49. The third kappa shape index (κ3) is 4.28. The first-order valence-corrected chi connectivity index (χ1v) is 7.37. The first kappa shape index (κ1) is 13.9. The fourth-order valence-electron chi connectivity index (χ4n) is 1.58. The highest BCUT2D eigenvalue weighted by Crippen LogP contribution is 2.19. The van der Waals surface area contributed by atoms with E-state index in [0.29, 0.717) is 12.5 Å². The number of carbonyl (C=O) groups is 1. The number of hydrogen-bond acceptors (Lipinski definition) is 4. The molecular formula is C14H18N2O2S. The molecule has 0 spiro atoms. The Morgan fingerprint density at radius 2 is 2.21 bits per heavy atom. The predicted octanol–water partition coefficient (Wildman–Crippen LogP) is 3.24. The van der Waals surface area contributed by atoms with Gasteiger partial charge in [0.25, 0.3) is 0 Å². The van der Waals surface area contributed by atoms with Crippen molar-refractivity contribution in [3.8, 4) is 0 Å². The van der Waals surface area contributed by atoms with E-state index in [-0.39, 0.29) is 11.7 Å². The molecule has 1 aromatic heterocycles. The number of nitrogens with zero attached hydrogens (tertiary/aromatic N) is 1. The maximum atomic E-state index is 11.5. The molecule has 19 heavy (non-hydrogen) atoms. The molecular weight excluding hydrogens is 260 g/mol. The lowest BCUT2D eigenvalue weighted by Gasteiger charge is -2.05. The van der Waals surface area contributed by atoms with Crippen LogP contribution in [-0.2, 0) is 9.53 Å². The fraction of sp³-hybridized carbons (Fsp3) is 0.429. The van der Waals surface area contributed by atoms with Gasteiger partial charge in [-0.2, -0.15) is 0 Å². The molecule has 0 amide bonds. The monoisotopic (exact) mass is 278 g/mol. The summed E-state index contributed by atoms with van der Waals surface area (Å²) in [5.74, 6) is 0.653. The molecule has 2 aromatic rings. The van der Waals surface area contributed by atoms with Crippen LogP contribution >= 0.6 is 11.8 Å². The summed E-state index contributed by atoms with van der Waals surface area (Å²) in [5, 5.41) is 0.752. The molecule has 0 aliphatic carbocycles. The maximum Gasteiger partial charge on any atom is 0.316 e. The Balaban J connectivity index is 1.80. The lowest BCUT2D eigenvalue weighted by Crippen LogP contribution is -2.09. The van der Waals surface area contributed by atoms with Gasteiger partial charge in [-0.05, 0) is 24.5 Å². The van der Waals surface area contributed by atoms with Crippen LogP contribution in [0.25, 0.3) is 11.0 Å². The second-order valence-corrected chi connectivity index (χ2v) is 5.71. The van der Waals surface area contributed by atoms with Crippen molar-refractivity contribution in [1.29, 1.82) is 0 Å². The lowest BCUT2D eigenvalue weighted by atomic mass is 10.1. The van der Waals surface area contributed by atoms with Crippen LogP contribution in [0.1, 0.15) is 20.3 Å². The Kier molecular flexibility index (Phi) is 4.85. The number of hydrogen-bond donors (Lipinski definition) is 1. The smallest absolute Gasteiger partial charge is 0.316 e. The number of esters is 1. The highest BCUT2D eigenvalue weighted by molar-refractivity contribution is 7.99. The van der Waals surface area contributed by atoms with Crippen LogP contribution in [0.4, 0.5) is 0 Å². The first-order valence-electron chi connectivity index (χ1n) is 6.38. The quantitative estimate of drug-likeness (QED) is 0.651. The van der Waals surface area contributed by atoms with E-state index in [1.807, 2.05) is 24.3 Å². The number of rotatable bonds is 6. The largest absolute Gasteiger partial charge is 0.465 e. The zero-order valence-electron chi connectivity index (χ0n) is 11.2. The Morgan fingerprint density at radius 3 is 2.95 bits per heavy atom. The molecule has 0 atom stereocenters. The number of para-hydroxylation sites is 2. The van der Waals surface area contributed by atoms with E-state index < -0.39 is 0 Å². The average Bonchev–Trinajstić information content (AvgIpc) is 2.78. The van der Waals surface area contributed by atoms with Crippen molar-refractivity contribution in [1.82, 2.24) is 9.97 Å². The predicted molar refractivity (Wildman–Crippen MR) is 77.2 cm³/mol. The number of aromatic nitrogens is 2. The van der Waals surface area contributed by atoms with E-state index in [2.05, 4.69) is 23.8 Å². The van der Waals surface area contributed by atoms with Gasteiger partial charge in [-0.3, -0.25) is 4.79 Å². The number of H-pyrrole nitrogens is 1. The highest BCUT2D eigenvalue weighted by atomic mass is 32.2. The van der Waals surface area contributed by atoms with E-state index in [0.717, 1.165) is 22.6 Å². The molecule has 0 saturated heterocycles. The second-order valence-electron chi connectivity index (χ2n) is 4.75. The van der Waals surface area contributed by atoms with E-state index >= 15 is 0 Å². The topological polar surface area (TPSA) is 55.0 Å². The summed E-state index contributed by atoms with van der Waals surface area (Å²) in [6, 6.07) is 7.80. The molecule has 1 aromatic carbocycles. The van der Waals surface area contributed by atoms with E-state index in [1.165, 1.54) is 11.8 Å². The van der Waals surface area contributed by atoms with Crippen LogP contribution in [0.15, 0.2) is 29.4 Å². The molecule has 0 aliphatic heterocycles. The van der Waals surface area contributed by atoms with Crippen molar-refractivity contribution < 1.29 is 9.53 Å². The maximum absolute atomic E-state index is 11.5. The van der Waals surface area contributed by atoms with E-state index in [9.17, 15) is 4.79 Å². The summed E-state index contributed by atoms with van der Waals surface area (Å²) in [6.07, 6.45) is 0.904. The van der Waals surface area contributed by atoms with Gasteiger partial charge < -0.3 is 9.72 Å². The zero-order valence-corrected chi connectivity index (χ0v) is 12.0. The van der Waals surface area contributed by atoms with Crippen molar-refractivity contribution in [2.75, 3.05) is 12.4 Å². The van der Waals surface area contributed by atoms with Crippen LogP contribution in [0, 0.1) is 5.92 Å². The Morgan fingerprint density at radius 1 is 1.42 bits per heavy atom. The van der Waals surface area contributed by atoms with Crippen LogP contribution in [-0.4, -0.2) is 28.3 Å². The highest BCUT2D eigenvalue weighted by Gasteiger charge is 2.08. The number of nitrogens with one attached hydrogen (secondary N) is 1. The van der Waals surface area contributed by atoms with Gasteiger partial charge in [0.15, 0.2) is 5.16 Å². The molecule has 2 rings (SSSR count). The van der Waals surface area contributed by atoms with Gasteiger partial charge >= 0.3 is 5.97 Å². The van der Waals surface area contributed by atoms with Crippen molar-refractivity contribution in [2.24, 2.45) is 5.92 Å². The van der Waals surface area contributed by atoms with Crippen molar-refractivity contribution in [3.63, 3.8) is 0 Å². The van der Waals surface area contributed by atoms with Crippen LogP contribution in [0.2, 0.25) is 0 Å². The minimum absolute atomic E-state index is 0.189. The number of benzene rings is 1. The number of ether oxygens (including phenoxy) is 1. The van der Waals surface area contributed by atoms with E-state index in [4.69, 9.17) is 4.74 Å². The Bertz CT molecular complexity index is 518. The van der Waals surface area contributed by atoms with Crippen molar-refractivity contribution in [2.45, 2.75) is 25.4 Å². The van der Waals surface area contributed by atoms with Gasteiger partial charge in [0.1, 0.15) is 0 Å². The summed E-state index contributed by atoms with van der Waals surface area (Å²) in [6.45, 7) is 4.71. The standard InChI is InChI=1S/C14H18N2O2S/c1-10(2)7-8-18-13(17)9-19-14-15-11-5-3-4-6-12(11)16-14/h3-6,10H,7-9H2,1-2H3,(H,15,16). The van der Waals surface area contributed by atoms with Crippen LogP contribution < -0.4 is 0 Å². The van der Waals surface area contributed by atoms with Gasteiger partial charge in [-0.25, -0.2) is 4.98 Å². The molecule has 1 heterocycles. The molecule has 0 fully saturated rings. The Labute approximate surface area is 116 Å². The number of aromatic amines is 1. The molecule has 0 bridgehead atoms. The second kappa shape index (κ2) is 6.61. The molecule has 5 heteroatoms. The van der Waals surface area contributed by atoms with Crippen LogP contribution in [0.3, 0.4) is 0 Å². The molecule has 4 nitrogen and oxygen atoms in total. The minimum atomic E-state index is -0.189. The average molecular weight is 278 g/mol. The van der Waals surface area contributed by atoms with Gasteiger partial charge in [-0.1, -0.05) is 37.7 Å². The number of thioether (sulfide) groups is 1. The summed E-state index contributed by atoms with van der Waals surface area (Å²) >= 11 is 1.37. The van der Waals surface area contributed by atoms with Crippen LogP contribution in [0.5, 0.6) is 0 Å². The molecule has 0 saturated carbocycles. The summed E-state index contributed by atoms with van der Waals surface area (Å²) in [7, 11) is 0. The number of carbonyl (C=O) groups excluding carboxylic acids is 1. The minimum Gasteiger partial charge on any atom is -0.465 e. The third-order valence-electron chi connectivity index (χ3n) is 2.65. The first-order chi connectivity index (χ1) is 9.15. The number of fused-ring (bicyclic) bond motifs is 1. The van der Waals surface area contributed by atoms with Crippen molar-refractivity contribution >= 4 is 28.8 Å². The summed E-state index contributed by atoms with van der Waals surface area (Å²) < 4.78 is 5.15. The lowest BCUT2D eigenvalue weighted by molar-refractivity contribution is -0.140. The summed E-state index contributed by atoms with van der Waals surface area (Å²) in [4.78, 5) is 19.1. The molecule has 0 radical (unpaired) electrons. The van der Waals surface area contributed by atoms with Gasteiger partial charge in [0, 0.05) is 0 Å². The zero-order chi connectivity index (χ0) is 13.7. The molecule has 0 aliphatic rings. The molecule has 0 unspecified atom stereocenters. The van der Waals surface area contributed by atoms with E-state index in [1.54, 1.807) is 0 Å². The van der Waals surface area contributed by atoms with Crippen molar-refractivity contribution in [3.05, 3.63) is 24.3 Å². The third-order valence-corrected chi connectivity index (χ3v) is 3.50. The molecule has 1 N–H and O–H groups in total. The fourth-order valence-corrected chi connectivity index (χ4v) is 2.26. The van der Waals surface area contributed by atoms with Gasteiger partial charge in [0.2, 0.25) is 0 Å².